The molecule has 0 aromatic heterocycles. The van der Waals surface area contributed by atoms with Gasteiger partial charge in [0.15, 0.2) is 0 Å². The van der Waals surface area contributed by atoms with Gasteiger partial charge in [-0.3, -0.25) is 0 Å². The molecule has 0 saturated carbocycles. The fraction of sp³-hybridized carbons (Fsp3) is 1.00. The first-order chi connectivity index (χ1) is 5.66. The highest BCUT2D eigenvalue weighted by Crippen LogP contribution is 2.04. The van der Waals surface area contributed by atoms with Crippen molar-refractivity contribution >= 4 is 0 Å². The van der Waals surface area contributed by atoms with Crippen molar-refractivity contribution in [3.63, 3.8) is 0 Å². The van der Waals surface area contributed by atoms with Crippen molar-refractivity contribution in [2.75, 3.05) is 20.3 Å². The Bertz CT molecular complexity index is 91.8. The molecule has 1 unspecified atom stereocenters. The van der Waals surface area contributed by atoms with Crippen molar-refractivity contribution in [2.24, 2.45) is 5.92 Å². The van der Waals surface area contributed by atoms with Crippen molar-refractivity contribution in [1.29, 1.82) is 0 Å². The summed E-state index contributed by atoms with van der Waals surface area (Å²) in [6.45, 7) is 8.07. The van der Waals surface area contributed by atoms with Gasteiger partial charge in [-0.1, -0.05) is 13.8 Å². The minimum atomic E-state index is 0.238. The van der Waals surface area contributed by atoms with Crippen molar-refractivity contribution in [1.82, 2.24) is 0 Å². The Hall–Kier alpha value is -0.0800. The molecule has 0 heterocycles. The number of methoxy groups -OCH3 is 1. The van der Waals surface area contributed by atoms with E-state index in [0.717, 1.165) is 18.9 Å². The second kappa shape index (κ2) is 7.56. The van der Waals surface area contributed by atoms with Crippen LogP contribution >= 0.6 is 0 Å². The summed E-state index contributed by atoms with van der Waals surface area (Å²) in [7, 11) is 1.70. The van der Waals surface area contributed by atoms with Crippen molar-refractivity contribution in [2.45, 2.75) is 39.7 Å². The molecule has 12 heavy (non-hydrogen) atoms. The van der Waals surface area contributed by atoms with Crippen molar-refractivity contribution < 1.29 is 9.47 Å². The van der Waals surface area contributed by atoms with Gasteiger partial charge in [-0.15, -0.1) is 0 Å². The number of hydrogen-bond donors (Lipinski definition) is 0. The minimum Gasteiger partial charge on any atom is -0.382 e. The zero-order valence-electron chi connectivity index (χ0n) is 8.80. The molecule has 0 aromatic rings. The van der Waals surface area contributed by atoms with Gasteiger partial charge in [-0.2, -0.15) is 0 Å². The maximum atomic E-state index is 5.51. The zero-order valence-corrected chi connectivity index (χ0v) is 8.80. The molecule has 2 nitrogen and oxygen atoms in total. The molecule has 0 spiro atoms. The fourth-order valence-corrected chi connectivity index (χ4v) is 1.06. The molecule has 0 fully saturated rings. The lowest BCUT2D eigenvalue weighted by Gasteiger charge is -2.12. The maximum absolute atomic E-state index is 5.51. The molecule has 0 aromatic carbocycles. The summed E-state index contributed by atoms with van der Waals surface area (Å²) in [4.78, 5) is 0. The first-order valence-electron chi connectivity index (χ1n) is 4.77. The Kier molecular flexibility index (Phi) is 7.51. The monoisotopic (exact) mass is 174 g/mol. The van der Waals surface area contributed by atoms with E-state index in [-0.39, 0.29) is 6.10 Å². The third-order valence-corrected chi connectivity index (χ3v) is 1.73. The SMILES string of the molecule is COCC(C)OCCCC(C)C. The van der Waals surface area contributed by atoms with Gasteiger partial charge in [0.2, 0.25) is 0 Å². The molecule has 1 atom stereocenters. The van der Waals surface area contributed by atoms with Gasteiger partial charge in [-0.25, -0.2) is 0 Å². The standard InChI is InChI=1S/C10H22O2/c1-9(2)6-5-7-12-10(3)8-11-4/h9-10H,5-8H2,1-4H3. The lowest BCUT2D eigenvalue weighted by molar-refractivity contribution is 0.00699. The smallest absolute Gasteiger partial charge is 0.0780 e. The second-order valence-electron chi connectivity index (χ2n) is 3.67. The van der Waals surface area contributed by atoms with E-state index < -0.39 is 0 Å². The van der Waals surface area contributed by atoms with Gasteiger partial charge < -0.3 is 9.47 Å². The van der Waals surface area contributed by atoms with Gasteiger partial charge in [0.05, 0.1) is 12.7 Å². The summed E-state index contributed by atoms with van der Waals surface area (Å²) in [6.07, 6.45) is 2.65. The fourth-order valence-electron chi connectivity index (χ4n) is 1.06. The Balaban J connectivity index is 3.08. The van der Waals surface area contributed by atoms with E-state index in [0.29, 0.717) is 6.61 Å². The van der Waals surface area contributed by atoms with E-state index in [4.69, 9.17) is 9.47 Å². The van der Waals surface area contributed by atoms with Crippen LogP contribution in [0.1, 0.15) is 33.6 Å². The predicted octanol–water partition coefficient (Wildman–Crippen LogP) is 2.47. The van der Waals surface area contributed by atoms with E-state index in [9.17, 15) is 0 Å². The zero-order chi connectivity index (χ0) is 9.40. The Morgan fingerprint density at radius 3 is 2.33 bits per heavy atom. The molecule has 2 heteroatoms. The van der Waals surface area contributed by atoms with E-state index >= 15 is 0 Å². The molecule has 0 aliphatic heterocycles. The molecule has 0 saturated heterocycles. The summed E-state index contributed by atoms with van der Waals surface area (Å²) >= 11 is 0. The Morgan fingerprint density at radius 2 is 1.83 bits per heavy atom. The highest BCUT2D eigenvalue weighted by atomic mass is 16.5. The maximum Gasteiger partial charge on any atom is 0.0780 e. The number of ether oxygens (including phenoxy) is 2. The molecule has 0 amide bonds. The molecular formula is C10H22O2. The summed E-state index contributed by atoms with van der Waals surface area (Å²) in [5, 5.41) is 0. The summed E-state index contributed by atoms with van der Waals surface area (Å²) in [5.41, 5.74) is 0. The molecule has 0 N–H and O–H groups in total. The van der Waals surface area contributed by atoms with Crippen LogP contribution in [0.5, 0.6) is 0 Å². The van der Waals surface area contributed by atoms with Crippen LogP contribution in [0.2, 0.25) is 0 Å². The highest BCUT2D eigenvalue weighted by Gasteiger charge is 2.00. The van der Waals surface area contributed by atoms with E-state index in [1.165, 1.54) is 6.42 Å². The first-order valence-corrected chi connectivity index (χ1v) is 4.77. The average molecular weight is 174 g/mol. The Labute approximate surface area is 76.3 Å². The van der Waals surface area contributed by atoms with E-state index in [1.54, 1.807) is 7.11 Å². The summed E-state index contributed by atoms with van der Waals surface area (Å²) in [6, 6.07) is 0. The van der Waals surface area contributed by atoms with Crippen LogP contribution in [-0.2, 0) is 9.47 Å². The molecule has 0 rings (SSSR count). The topological polar surface area (TPSA) is 18.5 Å². The van der Waals surface area contributed by atoms with Crippen LogP contribution in [0.4, 0.5) is 0 Å². The van der Waals surface area contributed by atoms with Crippen molar-refractivity contribution in [3.8, 4) is 0 Å². The quantitative estimate of drug-likeness (QED) is 0.552. The lowest BCUT2D eigenvalue weighted by atomic mass is 10.1. The van der Waals surface area contributed by atoms with Gasteiger partial charge in [0, 0.05) is 13.7 Å². The third-order valence-electron chi connectivity index (χ3n) is 1.73. The average Bonchev–Trinajstić information content (AvgIpc) is 1.98. The van der Waals surface area contributed by atoms with Crippen LogP contribution in [0.3, 0.4) is 0 Å². The lowest BCUT2D eigenvalue weighted by Crippen LogP contribution is -2.15. The Morgan fingerprint density at radius 1 is 1.17 bits per heavy atom. The molecule has 0 aliphatic carbocycles. The molecule has 74 valence electrons. The van der Waals surface area contributed by atoms with Gasteiger partial charge >= 0.3 is 0 Å². The van der Waals surface area contributed by atoms with Gasteiger partial charge in [-0.05, 0) is 25.7 Å². The summed E-state index contributed by atoms with van der Waals surface area (Å²) < 4.78 is 10.5. The first kappa shape index (κ1) is 11.9. The van der Waals surface area contributed by atoms with Crippen LogP contribution in [-0.4, -0.2) is 26.4 Å². The second-order valence-corrected chi connectivity index (χ2v) is 3.67. The van der Waals surface area contributed by atoms with E-state index in [1.807, 2.05) is 6.92 Å². The van der Waals surface area contributed by atoms with Crippen LogP contribution < -0.4 is 0 Å². The van der Waals surface area contributed by atoms with Crippen LogP contribution in [0.25, 0.3) is 0 Å². The molecule has 0 radical (unpaired) electrons. The van der Waals surface area contributed by atoms with Crippen molar-refractivity contribution in [3.05, 3.63) is 0 Å². The van der Waals surface area contributed by atoms with Gasteiger partial charge in [0.1, 0.15) is 0 Å². The number of rotatable bonds is 7. The van der Waals surface area contributed by atoms with Crippen LogP contribution in [0, 0.1) is 5.92 Å². The van der Waals surface area contributed by atoms with E-state index in [2.05, 4.69) is 13.8 Å². The highest BCUT2D eigenvalue weighted by molar-refractivity contribution is 4.48. The third kappa shape index (κ3) is 8.02. The minimum absolute atomic E-state index is 0.238. The molecule has 0 aliphatic rings. The van der Waals surface area contributed by atoms with Crippen LogP contribution in [0.15, 0.2) is 0 Å². The predicted molar refractivity (Wildman–Crippen MR) is 51.4 cm³/mol. The normalized spacial score (nSPS) is 13.8. The molecular weight excluding hydrogens is 152 g/mol. The van der Waals surface area contributed by atoms with Gasteiger partial charge in [0.25, 0.3) is 0 Å². The largest absolute Gasteiger partial charge is 0.382 e. The summed E-state index contributed by atoms with van der Waals surface area (Å²) in [5.74, 6) is 0.784. The number of hydrogen-bond acceptors (Lipinski definition) is 2. The molecule has 0 bridgehead atoms.